The van der Waals surface area contributed by atoms with Crippen LogP contribution in [0.4, 0.5) is 22.8 Å². The fourth-order valence-electron chi connectivity index (χ4n) is 10.2. The maximum Gasteiger partial charge on any atom is 1.00 e. The van der Waals surface area contributed by atoms with Gasteiger partial charge in [-0.3, -0.25) is 9.89 Å². The van der Waals surface area contributed by atoms with Crippen molar-refractivity contribution in [1.29, 1.82) is 0 Å². The van der Waals surface area contributed by atoms with E-state index in [4.69, 9.17) is 18.8 Å². The van der Waals surface area contributed by atoms with Crippen molar-refractivity contribution < 1.29 is 119 Å². The number of amides is 2. The van der Waals surface area contributed by atoms with E-state index in [1.807, 2.05) is 84.9 Å². The molecule has 5 atom stereocenters. The molecule has 3 unspecified atom stereocenters. The summed E-state index contributed by atoms with van der Waals surface area (Å²) in [6.07, 6.45) is 12.0. The summed E-state index contributed by atoms with van der Waals surface area (Å²) >= 11 is 0. The topological polar surface area (TPSA) is 282 Å². The van der Waals surface area contributed by atoms with E-state index in [0.29, 0.717) is 51.4 Å². The van der Waals surface area contributed by atoms with E-state index in [1.54, 1.807) is 99.3 Å². The molecule has 21 nitrogen and oxygen atoms in total. The molecule has 32 heteroatoms. The number of rotatable bonds is 10. The van der Waals surface area contributed by atoms with Crippen LogP contribution >= 0.6 is 0 Å². The van der Waals surface area contributed by atoms with Gasteiger partial charge in [0.05, 0.1) is 36.5 Å². The number of piperidine rings is 1. The molecular formula is C69H99B2F3N4NaO17S5. The molecule has 4 aromatic carbocycles. The first kappa shape index (κ1) is 90.1. The summed E-state index contributed by atoms with van der Waals surface area (Å²) < 4.78 is 178. The van der Waals surface area contributed by atoms with E-state index in [0.717, 1.165) is 72.1 Å². The molecule has 4 aromatic rings. The number of hydrogen-bond donors (Lipinski definition) is 1. The van der Waals surface area contributed by atoms with Crippen molar-refractivity contribution in [3.63, 3.8) is 0 Å². The Morgan fingerprint density at radius 2 is 1.02 bits per heavy atom. The summed E-state index contributed by atoms with van der Waals surface area (Å²) in [6.45, 7) is 28.7. The summed E-state index contributed by atoms with van der Waals surface area (Å²) in [4.78, 5) is 32.8. The Hall–Kier alpha value is -5.08. The SMILES string of the molecule is CC1(C)OB(c2cccc(S(C)(=O)=O)c2)OC1(C)C.CC1CC=C(OS(=O)(=O)C(F)(F)F)N(C(=O)OC(C)(C)C)C1.CC1CC=C(c2cccc(S(C)(=O)=O)c2)N(C(=O)OC(C)(C)C)C1.CC1CCC(c2cccc(S(C)(=O)=O)c2)=NC1.C[C@@H]1CC[C@@H](c2cccc(S(C)(=O)=O)c2)NC1.[B].[H-].[Na+]. The standard InChI is InChI=1S/C18H25NO4S.C13H19BO4S.C13H19NO2S.C13H17NO2S.C12H18F3NO5S.B.Na.H/c1-13-9-10-16(19(12-13)17(20)23-18(2,3)4)14-7-6-8-15(11-14)24(5,21)22;1-12(2)13(3,4)18-14(17-12)10-7-6-8-11(9-10)19(5,15)16;2*1-10-6-7-13(14-9-10)11-4-3-5-12(8-11)17(2,15)16;1-8-5-6-9(21-22(18,19)12(13,14)15)16(7-8)10(17)20-11(2,3)4;;;/h6-8,10-11,13H,9,12H2,1-5H3;6-9H,1-5H3;3-5,8,10,13-14H,6-7,9H2,1-2H3;3-5,8,10H,6-7,9H2,1-2H3;6,8H,5,7H2,1-4H3;;;/q;;;;;;+1;-1/t;;10-,13+;;;;;/m..1...../s1. The van der Waals surface area contributed by atoms with E-state index in [1.165, 1.54) is 31.4 Å². The van der Waals surface area contributed by atoms with E-state index >= 15 is 0 Å². The number of carbonyl (C=O) groups is 2. The van der Waals surface area contributed by atoms with Gasteiger partial charge in [0.15, 0.2) is 39.3 Å². The van der Waals surface area contributed by atoms with Crippen molar-refractivity contribution in [2.24, 2.45) is 28.7 Å². The van der Waals surface area contributed by atoms with Gasteiger partial charge in [-0.2, -0.15) is 21.6 Å². The maximum atomic E-state index is 12.6. The third-order valence-electron chi connectivity index (χ3n) is 16.4. The third kappa shape index (κ3) is 27.7. The van der Waals surface area contributed by atoms with Gasteiger partial charge in [-0.05, 0) is 215 Å². The minimum absolute atomic E-state index is 0. The van der Waals surface area contributed by atoms with Gasteiger partial charge in [0.25, 0.3) is 0 Å². The van der Waals surface area contributed by atoms with Crippen LogP contribution in [0.15, 0.2) is 140 Å². The molecule has 1 N–H and O–H groups in total. The summed E-state index contributed by atoms with van der Waals surface area (Å²) in [6, 6.07) is 28.0. The van der Waals surface area contributed by atoms with Crippen LogP contribution in [0.2, 0.25) is 0 Å². The molecular weight excluding hydrogens is 1420 g/mol. The largest absolute Gasteiger partial charge is 1.00 e. The normalized spacial score (nSPS) is 20.9. The second-order valence-electron chi connectivity index (χ2n) is 28.9. The predicted molar refractivity (Wildman–Crippen MR) is 385 cm³/mol. The summed E-state index contributed by atoms with van der Waals surface area (Å²) in [5.41, 5.74) is -2.71. The first-order valence-electron chi connectivity index (χ1n) is 32.4. The number of hydrogen-bond acceptors (Lipinski definition) is 19. The molecule has 5 heterocycles. The molecule has 5 aliphatic heterocycles. The van der Waals surface area contributed by atoms with Crippen molar-refractivity contribution in [2.75, 3.05) is 51.2 Å². The number of carbonyl (C=O) groups excluding carboxylic acids is 2. The Bertz CT molecular complexity index is 4210. The molecule has 2 amide bonds. The van der Waals surface area contributed by atoms with Crippen LogP contribution in [0.5, 0.6) is 0 Å². The number of benzene rings is 4. The van der Waals surface area contributed by atoms with Crippen LogP contribution < -0.4 is 40.3 Å². The van der Waals surface area contributed by atoms with Gasteiger partial charge in [-0.15, -0.1) is 0 Å². The number of nitrogens with zero attached hydrogens (tertiary/aromatic N) is 3. The number of sulfone groups is 4. The van der Waals surface area contributed by atoms with Crippen LogP contribution in [0, 0.1) is 23.7 Å². The van der Waals surface area contributed by atoms with Crippen molar-refractivity contribution in [3.05, 3.63) is 132 Å². The zero-order chi connectivity index (χ0) is 74.9. The molecule has 0 bridgehead atoms. The van der Waals surface area contributed by atoms with Crippen molar-refractivity contribution in [1.82, 2.24) is 15.1 Å². The smallest absolute Gasteiger partial charge is 1.00 e. The number of allylic oxidation sites excluding steroid dienone is 2. The Kier molecular flexibility index (Phi) is 32.0. The molecule has 101 heavy (non-hydrogen) atoms. The molecule has 9 rings (SSSR count). The number of ether oxygens (including phenoxy) is 2. The first-order valence-corrected chi connectivity index (χ1v) is 41.4. The third-order valence-corrected chi connectivity index (χ3v) is 21.8. The van der Waals surface area contributed by atoms with Gasteiger partial charge in [-0.1, -0.05) is 82.3 Å². The van der Waals surface area contributed by atoms with E-state index < -0.39 is 103 Å². The molecule has 2 saturated heterocycles. The van der Waals surface area contributed by atoms with Gasteiger partial charge < -0.3 is 29.7 Å². The van der Waals surface area contributed by atoms with Crippen LogP contribution in [0.3, 0.4) is 0 Å². The van der Waals surface area contributed by atoms with Crippen molar-refractivity contribution in [2.45, 2.75) is 189 Å². The monoisotopic (exact) mass is 1520 g/mol. The Morgan fingerprint density at radius 3 is 1.48 bits per heavy atom. The molecule has 5 aliphatic rings. The molecule has 0 saturated carbocycles. The molecule has 555 valence electrons. The van der Waals surface area contributed by atoms with Gasteiger partial charge in [0.1, 0.15) is 11.2 Å². The van der Waals surface area contributed by atoms with Crippen LogP contribution in [-0.4, -0.2) is 164 Å². The fraction of sp³-hybridized carbons (Fsp3) is 0.551. The van der Waals surface area contributed by atoms with Crippen molar-refractivity contribution in [3.8, 4) is 0 Å². The molecule has 0 aromatic heterocycles. The predicted octanol–water partition coefficient (Wildman–Crippen LogP) is 9.26. The molecule has 2 fully saturated rings. The quantitative estimate of drug-likeness (QED) is 0.0879. The summed E-state index contributed by atoms with van der Waals surface area (Å²) in [5.74, 6) is 0.902. The maximum absolute atomic E-state index is 12.6. The molecule has 0 aliphatic carbocycles. The zero-order valence-corrected chi connectivity index (χ0v) is 67.5. The van der Waals surface area contributed by atoms with E-state index in [2.05, 4.69) is 35.3 Å². The average Bonchev–Trinajstić information content (AvgIpc) is 1.58. The number of halogens is 3. The molecule has 0 spiro atoms. The van der Waals surface area contributed by atoms with Gasteiger partial charge in [-0.25, -0.2) is 48.2 Å². The van der Waals surface area contributed by atoms with Crippen LogP contribution in [0.1, 0.15) is 160 Å². The molecule has 3 radical (unpaired) electrons. The average molecular weight is 1520 g/mol. The Labute approximate surface area is 623 Å². The van der Waals surface area contributed by atoms with Crippen LogP contribution in [-0.2, 0) is 72.4 Å². The summed E-state index contributed by atoms with van der Waals surface area (Å²) in [5, 5.41) is 3.47. The van der Waals surface area contributed by atoms with E-state index in [-0.39, 0.29) is 68.1 Å². The van der Waals surface area contributed by atoms with E-state index in [9.17, 15) is 64.8 Å². The minimum Gasteiger partial charge on any atom is -1.00 e. The van der Waals surface area contributed by atoms with Gasteiger partial charge >= 0.3 is 64.5 Å². The minimum atomic E-state index is -5.84. The Morgan fingerprint density at radius 1 is 0.584 bits per heavy atom. The Balaban J connectivity index is 0.000000433. The van der Waals surface area contributed by atoms with Gasteiger partial charge in [0.2, 0.25) is 5.88 Å². The number of aliphatic imine (C=N–C) groups is 1. The second-order valence-corrected chi connectivity index (χ2v) is 38.5. The number of alkyl halides is 3. The van der Waals surface area contributed by atoms with Gasteiger partial charge in [0, 0.05) is 64.8 Å². The second kappa shape index (κ2) is 35.8. The summed E-state index contributed by atoms with van der Waals surface area (Å²) in [7, 11) is -19.1. The number of nitrogens with one attached hydrogen (secondary N) is 1. The fourth-order valence-corrected chi connectivity index (χ4v) is 13.4. The van der Waals surface area contributed by atoms with Crippen molar-refractivity contribution >= 4 is 94.1 Å². The zero-order valence-electron chi connectivity index (χ0n) is 62.5. The van der Waals surface area contributed by atoms with Crippen LogP contribution in [0.25, 0.3) is 5.70 Å². The first-order chi connectivity index (χ1) is 45.2.